The van der Waals surface area contributed by atoms with Crippen molar-refractivity contribution in [2.75, 3.05) is 5.32 Å². The Bertz CT molecular complexity index is 694. The molecule has 1 aromatic heterocycles. The minimum absolute atomic E-state index is 0.210. The number of aryl methyl sites for hydroxylation is 2. The van der Waals surface area contributed by atoms with Gasteiger partial charge in [0.25, 0.3) is 5.91 Å². The molecule has 0 unspecified atom stereocenters. The first-order valence-corrected chi connectivity index (χ1v) is 7.89. The number of hydrogen-bond acceptors (Lipinski definition) is 3. The van der Waals surface area contributed by atoms with E-state index in [1.807, 2.05) is 25.1 Å². The summed E-state index contributed by atoms with van der Waals surface area (Å²) in [5.41, 5.74) is 3.26. The lowest BCUT2D eigenvalue weighted by Gasteiger charge is -2.16. The van der Waals surface area contributed by atoms with E-state index in [0.29, 0.717) is 11.6 Å². The molecule has 1 aliphatic carbocycles. The van der Waals surface area contributed by atoms with Gasteiger partial charge in [-0.05, 0) is 59.3 Å². The fourth-order valence-corrected chi connectivity index (χ4v) is 3.25. The molecule has 0 spiro atoms. The maximum absolute atomic E-state index is 12.4. The van der Waals surface area contributed by atoms with Gasteiger partial charge >= 0.3 is 0 Å². The van der Waals surface area contributed by atoms with Crippen molar-refractivity contribution in [2.45, 2.75) is 33.1 Å². The van der Waals surface area contributed by atoms with Crippen LogP contribution in [0, 0.1) is 12.8 Å². The van der Waals surface area contributed by atoms with Gasteiger partial charge in [-0.1, -0.05) is 18.1 Å². The third-order valence-electron chi connectivity index (χ3n) is 3.87. The van der Waals surface area contributed by atoms with Gasteiger partial charge in [-0.3, -0.25) is 4.79 Å². The van der Waals surface area contributed by atoms with E-state index in [-0.39, 0.29) is 5.91 Å². The molecule has 1 atom stereocenters. The summed E-state index contributed by atoms with van der Waals surface area (Å²) in [5.74, 6) is 1.22. The molecule has 5 heteroatoms. The summed E-state index contributed by atoms with van der Waals surface area (Å²) in [5, 5.41) is 6.87. The first kappa shape index (κ1) is 14.3. The van der Waals surface area contributed by atoms with Crippen molar-refractivity contribution < 1.29 is 9.32 Å². The Morgan fingerprint density at radius 3 is 3.05 bits per heavy atom. The van der Waals surface area contributed by atoms with Crippen molar-refractivity contribution in [2.24, 2.45) is 5.92 Å². The zero-order chi connectivity index (χ0) is 15.0. The molecular formula is C16H17BrN2O2. The largest absolute Gasteiger partial charge is 0.360 e. The number of nitrogens with one attached hydrogen (secondary N) is 1. The van der Waals surface area contributed by atoms with Gasteiger partial charge < -0.3 is 9.84 Å². The van der Waals surface area contributed by atoms with Crippen LogP contribution in [0.4, 0.5) is 5.69 Å². The van der Waals surface area contributed by atoms with Gasteiger partial charge in [0.1, 0.15) is 5.76 Å². The van der Waals surface area contributed by atoms with E-state index in [2.05, 4.69) is 33.3 Å². The van der Waals surface area contributed by atoms with Gasteiger partial charge in [-0.25, -0.2) is 0 Å². The Morgan fingerprint density at radius 2 is 2.29 bits per heavy atom. The number of rotatable bonds is 2. The summed E-state index contributed by atoms with van der Waals surface area (Å²) in [6.45, 7) is 4.19. The number of fused-ring (bicyclic) bond motifs is 1. The molecule has 0 aliphatic heterocycles. The lowest BCUT2D eigenvalue weighted by atomic mass is 9.88. The van der Waals surface area contributed by atoms with Crippen LogP contribution in [0.25, 0.3) is 0 Å². The Hall–Kier alpha value is -1.62. The summed E-state index contributed by atoms with van der Waals surface area (Å²) in [7, 11) is 0. The number of anilines is 1. The quantitative estimate of drug-likeness (QED) is 0.887. The lowest BCUT2D eigenvalue weighted by Crippen LogP contribution is -2.18. The minimum Gasteiger partial charge on any atom is -0.360 e. The summed E-state index contributed by atoms with van der Waals surface area (Å²) < 4.78 is 6.18. The van der Waals surface area contributed by atoms with E-state index in [1.54, 1.807) is 0 Å². The van der Waals surface area contributed by atoms with E-state index in [9.17, 15) is 4.79 Å². The highest BCUT2D eigenvalue weighted by Gasteiger charge is 2.27. The van der Waals surface area contributed by atoms with Crippen molar-refractivity contribution >= 4 is 27.5 Å². The smallest absolute Gasteiger partial charge is 0.278 e. The van der Waals surface area contributed by atoms with E-state index in [0.717, 1.165) is 46.3 Å². The predicted octanol–water partition coefficient (Wildman–Crippen LogP) is 4.12. The van der Waals surface area contributed by atoms with Crippen molar-refractivity contribution in [1.29, 1.82) is 0 Å². The zero-order valence-electron chi connectivity index (χ0n) is 12.1. The lowest BCUT2D eigenvalue weighted by molar-refractivity contribution is 0.101. The summed E-state index contributed by atoms with van der Waals surface area (Å²) in [6.07, 6.45) is 2.81. The number of nitrogens with zero attached hydrogens (tertiary/aromatic N) is 1. The highest BCUT2D eigenvalue weighted by atomic mass is 79.9. The fourth-order valence-electron chi connectivity index (χ4n) is 2.66. The standard InChI is InChI=1S/C16H17BrN2O2/c1-9-4-6-14-11(7-9)15(19-21-14)16(20)18-13-5-3-10(2)8-12(13)17/h3,5,8-9H,4,6-7H2,1-2H3,(H,18,20)/t9-/m1/s1. The second-order valence-corrected chi connectivity index (χ2v) is 6.57. The van der Waals surface area contributed by atoms with E-state index >= 15 is 0 Å². The number of carbonyl (C=O) groups excluding carboxylic acids is 1. The Morgan fingerprint density at radius 1 is 1.48 bits per heavy atom. The van der Waals surface area contributed by atoms with Crippen LogP contribution in [-0.2, 0) is 12.8 Å². The molecule has 1 N–H and O–H groups in total. The summed E-state index contributed by atoms with van der Waals surface area (Å²) in [4.78, 5) is 12.4. The molecular weight excluding hydrogens is 332 g/mol. The third kappa shape index (κ3) is 2.88. The van der Waals surface area contributed by atoms with Crippen LogP contribution in [0.15, 0.2) is 27.2 Å². The summed E-state index contributed by atoms with van der Waals surface area (Å²) >= 11 is 3.46. The monoisotopic (exact) mass is 348 g/mol. The van der Waals surface area contributed by atoms with Gasteiger partial charge in [0.15, 0.2) is 5.69 Å². The van der Waals surface area contributed by atoms with Crippen molar-refractivity contribution in [3.8, 4) is 0 Å². The molecule has 1 aliphatic rings. The average molecular weight is 349 g/mol. The molecule has 110 valence electrons. The number of carbonyl (C=O) groups is 1. The molecule has 0 saturated carbocycles. The van der Waals surface area contributed by atoms with Crippen LogP contribution in [0.1, 0.15) is 40.7 Å². The number of benzene rings is 1. The highest BCUT2D eigenvalue weighted by Crippen LogP contribution is 2.29. The average Bonchev–Trinajstić information content (AvgIpc) is 2.85. The second-order valence-electron chi connectivity index (χ2n) is 5.72. The molecule has 3 rings (SSSR count). The topological polar surface area (TPSA) is 55.1 Å². The van der Waals surface area contributed by atoms with Gasteiger partial charge in [0.2, 0.25) is 0 Å². The highest BCUT2D eigenvalue weighted by molar-refractivity contribution is 9.10. The maximum Gasteiger partial charge on any atom is 0.278 e. The van der Waals surface area contributed by atoms with Crippen molar-refractivity contribution in [1.82, 2.24) is 5.16 Å². The molecule has 1 aromatic carbocycles. The molecule has 0 saturated heterocycles. The van der Waals surface area contributed by atoms with Crippen LogP contribution in [0.5, 0.6) is 0 Å². The van der Waals surface area contributed by atoms with E-state index < -0.39 is 0 Å². The molecule has 0 radical (unpaired) electrons. The van der Waals surface area contributed by atoms with Gasteiger partial charge in [0, 0.05) is 16.5 Å². The third-order valence-corrected chi connectivity index (χ3v) is 4.53. The number of hydrogen-bond donors (Lipinski definition) is 1. The molecule has 0 bridgehead atoms. The van der Waals surface area contributed by atoms with E-state index in [4.69, 9.17) is 4.52 Å². The zero-order valence-corrected chi connectivity index (χ0v) is 13.7. The van der Waals surface area contributed by atoms with Crippen LogP contribution < -0.4 is 5.32 Å². The normalized spacial score (nSPS) is 17.4. The van der Waals surface area contributed by atoms with Gasteiger partial charge in [0.05, 0.1) is 5.69 Å². The molecule has 2 aromatic rings. The number of amides is 1. The molecule has 1 amide bonds. The van der Waals surface area contributed by atoms with Gasteiger partial charge in [-0.15, -0.1) is 0 Å². The molecule has 0 fully saturated rings. The Kier molecular flexibility index (Phi) is 3.85. The van der Waals surface area contributed by atoms with Crippen LogP contribution in [0.2, 0.25) is 0 Å². The number of aromatic nitrogens is 1. The molecule has 4 nitrogen and oxygen atoms in total. The van der Waals surface area contributed by atoms with Crippen LogP contribution in [0.3, 0.4) is 0 Å². The summed E-state index contributed by atoms with van der Waals surface area (Å²) in [6, 6.07) is 5.81. The van der Waals surface area contributed by atoms with Crippen LogP contribution >= 0.6 is 15.9 Å². The first-order valence-electron chi connectivity index (χ1n) is 7.09. The predicted molar refractivity (Wildman–Crippen MR) is 84.5 cm³/mol. The first-order chi connectivity index (χ1) is 10.0. The van der Waals surface area contributed by atoms with Gasteiger partial charge in [-0.2, -0.15) is 0 Å². The van der Waals surface area contributed by atoms with Crippen LogP contribution in [-0.4, -0.2) is 11.1 Å². The van der Waals surface area contributed by atoms with Crippen molar-refractivity contribution in [3.05, 3.63) is 45.3 Å². The Labute approximate surface area is 132 Å². The second kappa shape index (κ2) is 5.64. The SMILES string of the molecule is Cc1ccc(NC(=O)c2noc3c2C[C@H](C)CC3)c(Br)c1. The fraction of sp³-hybridized carbons (Fsp3) is 0.375. The molecule has 1 heterocycles. The maximum atomic E-state index is 12.4. The minimum atomic E-state index is -0.210. The Balaban J connectivity index is 1.85. The number of halogens is 1. The van der Waals surface area contributed by atoms with Crippen molar-refractivity contribution in [3.63, 3.8) is 0 Å². The van der Waals surface area contributed by atoms with E-state index in [1.165, 1.54) is 0 Å². The molecule has 21 heavy (non-hydrogen) atoms.